The van der Waals surface area contributed by atoms with E-state index in [1.165, 1.54) is 16.5 Å². The zero-order valence-corrected chi connectivity index (χ0v) is 11.8. The SMILES string of the molecule is CN(C)CCOCCNCc1cccc2[nH]ccc12. The molecular formula is C15H23N3O. The molecule has 0 aliphatic rings. The molecule has 0 saturated heterocycles. The molecule has 0 bridgehead atoms. The lowest BCUT2D eigenvalue weighted by Gasteiger charge is -2.10. The molecule has 2 rings (SSSR count). The third-order valence-corrected chi connectivity index (χ3v) is 3.11. The molecule has 0 fully saturated rings. The molecule has 1 aromatic heterocycles. The number of benzene rings is 1. The van der Waals surface area contributed by atoms with E-state index in [0.29, 0.717) is 0 Å². The van der Waals surface area contributed by atoms with Gasteiger partial charge in [0.2, 0.25) is 0 Å². The number of hydrogen-bond donors (Lipinski definition) is 2. The highest BCUT2D eigenvalue weighted by molar-refractivity contribution is 5.82. The van der Waals surface area contributed by atoms with Gasteiger partial charge in [0, 0.05) is 36.7 Å². The van der Waals surface area contributed by atoms with E-state index < -0.39 is 0 Å². The summed E-state index contributed by atoms with van der Waals surface area (Å²) in [6.07, 6.45) is 1.98. The van der Waals surface area contributed by atoms with Crippen molar-refractivity contribution in [3.63, 3.8) is 0 Å². The van der Waals surface area contributed by atoms with E-state index in [1.807, 2.05) is 6.20 Å². The number of rotatable bonds is 8. The number of ether oxygens (including phenoxy) is 1. The molecule has 0 radical (unpaired) electrons. The normalized spacial score (nSPS) is 11.5. The van der Waals surface area contributed by atoms with Crippen LogP contribution < -0.4 is 5.32 Å². The lowest BCUT2D eigenvalue weighted by Crippen LogP contribution is -2.23. The first-order valence-corrected chi connectivity index (χ1v) is 6.75. The van der Waals surface area contributed by atoms with Crippen LogP contribution in [-0.4, -0.2) is 50.3 Å². The van der Waals surface area contributed by atoms with E-state index in [1.54, 1.807) is 0 Å². The molecule has 0 atom stereocenters. The highest BCUT2D eigenvalue weighted by atomic mass is 16.5. The largest absolute Gasteiger partial charge is 0.379 e. The van der Waals surface area contributed by atoms with Crippen LogP contribution in [0.15, 0.2) is 30.5 Å². The van der Waals surface area contributed by atoms with Crippen LogP contribution in [0.25, 0.3) is 10.9 Å². The molecule has 19 heavy (non-hydrogen) atoms. The van der Waals surface area contributed by atoms with Crippen molar-refractivity contribution >= 4 is 10.9 Å². The average Bonchev–Trinajstić information content (AvgIpc) is 2.86. The third-order valence-electron chi connectivity index (χ3n) is 3.11. The molecule has 0 aliphatic heterocycles. The zero-order chi connectivity index (χ0) is 13.5. The van der Waals surface area contributed by atoms with Gasteiger partial charge in [0.15, 0.2) is 0 Å². The van der Waals surface area contributed by atoms with Crippen LogP contribution >= 0.6 is 0 Å². The standard InChI is InChI=1S/C15H23N3O/c1-18(2)9-11-19-10-8-16-12-13-4-3-5-15-14(13)6-7-17-15/h3-7,16-17H,8-12H2,1-2H3. The number of likely N-dealkylation sites (N-methyl/N-ethyl adjacent to an activating group) is 1. The first kappa shape index (κ1) is 14.1. The van der Waals surface area contributed by atoms with Crippen molar-refractivity contribution in [1.29, 1.82) is 0 Å². The van der Waals surface area contributed by atoms with Gasteiger partial charge in [-0.05, 0) is 31.8 Å². The first-order valence-electron chi connectivity index (χ1n) is 6.75. The average molecular weight is 261 g/mol. The van der Waals surface area contributed by atoms with Gasteiger partial charge in [-0.25, -0.2) is 0 Å². The summed E-state index contributed by atoms with van der Waals surface area (Å²) >= 11 is 0. The van der Waals surface area contributed by atoms with E-state index >= 15 is 0 Å². The Kier molecular flexibility index (Phi) is 5.39. The van der Waals surface area contributed by atoms with E-state index in [9.17, 15) is 0 Å². The third kappa shape index (κ3) is 4.35. The van der Waals surface area contributed by atoms with E-state index in [-0.39, 0.29) is 0 Å². The Labute approximate surface area is 114 Å². The Balaban J connectivity index is 1.67. The summed E-state index contributed by atoms with van der Waals surface area (Å²) in [5, 5.41) is 4.71. The van der Waals surface area contributed by atoms with Gasteiger partial charge in [-0.15, -0.1) is 0 Å². The fraction of sp³-hybridized carbons (Fsp3) is 0.467. The summed E-state index contributed by atoms with van der Waals surface area (Å²) in [4.78, 5) is 5.36. The summed E-state index contributed by atoms with van der Waals surface area (Å²) in [7, 11) is 4.11. The van der Waals surface area contributed by atoms with Gasteiger partial charge in [-0.3, -0.25) is 0 Å². The molecule has 4 heteroatoms. The summed E-state index contributed by atoms with van der Waals surface area (Å²) in [6.45, 7) is 4.29. The number of nitrogens with one attached hydrogen (secondary N) is 2. The minimum atomic E-state index is 0.761. The maximum absolute atomic E-state index is 5.54. The number of aromatic amines is 1. The van der Waals surface area contributed by atoms with E-state index in [0.717, 1.165) is 32.8 Å². The molecule has 0 amide bonds. The highest BCUT2D eigenvalue weighted by Crippen LogP contribution is 2.16. The van der Waals surface area contributed by atoms with Crippen molar-refractivity contribution in [3.05, 3.63) is 36.0 Å². The number of aromatic nitrogens is 1. The Morgan fingerprint density at radius 3 is 2.95 bits per heavy atom. The second-order valence-corrected chi connectivity index (χ2v) is 4.95. The molecule has 2 aromatic rings. The molecule has 0 saturated carbocycles. The molecule has 0 aliphatic carbocycles. The van der Waals surface area contributed by atoms with Gasteiger partial charge >= 0.3 is 0 Å². The minimum absolute atomic E-state index is 0.761. The second kappa shape index (κ2) is 7.28. The summed E-state index contributed by atoms with van der Waals surface area (Å²) < 4.78 is 5.54. The zero-order valence-electron chi connectivity index (χ0n) is 11.8. The molecule has 0 spiro atoms. The predicted octanol–water partition coefficient (Wildman–Crippen LogP) is 1.84. The Hall–Kier alpha value is -1.36. The fourth-order valence-corrected chi connectivity index (χ4v) is 2.02. The van der Waals surface area contributed by atoms with E-state index in [4.69, 9.17) is 4.74 Å². The maximum atomic E-state index is 5.54. The second-order valence-electron chi connectivity index (χ2n) is 4.95. The molecule has 104 valence electrons. The molecule has 0 unspecified atom stereocenters. The van der Waals surface area contributed by atoms with Crippen molar-refractivity contribution in [2.75, 3.05) is 40.4 Å². The number of hydrogen-bond acceptors (Lipinski definition) is 3. The monoisotopic (exact) mass is 261 g/mol. The van der Waals surface area contributed by atoms with Gasteiger partial charge in [0.25, 0.3) is 0 Å². The van der Waals surface area contributed by atoms with Gasteiger partial charge < -0.3 is 19.9 Å². The molecule has 4 nitrogen and oxygen atoms in total. The van der Waals surface area contributed by atoms with Crippen molar-refractivity contribution in [3.8, 4) is 0 Å². The van der Waals surface area contributed by atoms with Crippen LogP contribution in [-0.2, 0) is 11.3 Å². The van der Waals surface area contributed by atoms with Crippen LogP contribution in [0.1, 0.15) is 5.56 Å². The van der Waals surface area contributed by atoms with Crippen LogP contribution in [0.3, 0.4) is 0 Å². The molecular weight excluding hydrogens is 238 g/mol. The van der Waals surface area contributed by atoms with Crippen molar-refractivity contribution < 1.29 is 4.74 Å². The lowest BCUT2D eigenvalue weighted by molar-refractivity contribution is 0.119. The first-order chi connectivity index (χ1) is 9.27. The van der Waals surface area contributed by atoms with Crippen LogP contribution in [0.2, 0.25) is 0 Å². The van der Waals surface area contributed by atoms with Crippen LogP contribution in [0, 0.1) is 0 Å². The van der Waals surface area contributed by atoms with Crippen LogP contribution in [0.4, 0.5) is 0 Å². The Morgan fingerprint density at radius 2 is 2.11 bits per heavy atom. The highest BCUT2D eigenvalue weighted by Gasteiger charge is 2.00. The topological polar surface area (TPSA) is 40.3 Å². The van der Waals surface area contributed by atoms with Gasteiger partial charge in [0.1, 0.15) is 0 Å². The Morgan fingerprint density at radius 1 is 1.21 bits per heavy atom. The number of H-pyrrole nitrogens is 1. The van der Waals surface area contributed by atoms with Crippen LogP contribution in [0.5, 0.6) is 0 Å². The van der Waals surface area contributed by atoms with Crippen molar-refractivity contribution in [2.45, 2.75) is 6.54 Å². The summed E-state index contributed by atoms with van der Waals surface area (Å²) in [5.74, 6) is 0. The smallest absolute Gasteiger partial charge is 0.0593 e. The summed E-state index contributed by atoms with van der Waals surface area (Å²) in [5.41, 5.74) is 2.52. The van der Waals surface area contributed by atoms with Crippen molar-refractivity contribution in [2.24, 2.45) is 0 Å². The minimum Gasteiger partial charge on any atom is -0.379 e. The molecule has 1 heterocycles. The van der Waals surface area contributed by atoms with E-state index in [2.05, 4.69) is 53.6 Å². The van der Waals surface area contributed by atoms with Gasteiger partial charge in [-0.1, -0.05) is 12.1 Å². The molecule has 1 aromatic carbocycles. The predicted molar refractivity (Wildman–Crippen MR) is 79.4 cm³/mol. The number of nitrogens with zero attached hydrogens (tertiary/aromatic N) is 1. The number of fused-ring (bicyclic) bond motifs is 1. The Bertz CT molecular complexity index is 493. The molecule has 2 N–H and O–H groups in total. The van der Waals surface area contributed by atoms with Crippen molar-refractivity contribution in [1.82, 2.24) is 15.2 Å². The summed E-state index contributed by atoms with van der Waals surface area (Å²) in [6, 6.07) is 8.47. The fourth-order valence-electron chi connectivity index (χ4n) is 2.02. The quantitative estimate of drug-likeness (QED) is 0.712. The van der Waals surface area contributed by atoms with Gasteiger partial charge in [0.05, 0.1) is 13.2 Å². The lowest BCUT2D eigenvalue weighted by atomic mass is 10.1. The maximum Gasteiger partial charge on any atom is 0.0593 e. The van der Waals surface area contributed by atoms with Gasteiger partial charge in [-0.2, -0.15) is 0 Å².